The zero-order chi connectivity index (χ0) is 17.6. The molecule has 2 aliphatic rings. The molecule has 5 nitrogen and oxygen atoms in total. The van der Waals surface area contributed by atoms with Crippen LogP contribution in [-0.2, 0) is 16.0 Å². The van der Waals surface area contributed by atoms with Gasteiger partial charge in [-0.1, -0.05) is 18.9 Å². The summed E-state index contributed by atoms with van der Waals surface area (Å²) in [5.74, 6) is 0.730. The summed E-state index contributed by atoms with van der Waals surface area (Å²) in [5, 5.41) is 3.04. The van der Waals surface area contributed by atoms with Gasteiger partial charge in [-0.05, 0) is 44.2 Å². The van der Waals surface area contributed by atoms with Crippen LogP contribution in [0, 0.1) is 18.8 Å². The van der Waals surface area contributed by atoms with Gasteiger partial charge in [-0.3, -0.25) is 14.6 Å². The summed E-state index contributed by atoms with van der Waals surface area (Å²) in [6, 6.07) is 3.97. The first-order valence-corrected chi connectivity index (χ1v) is 9.62. The number of likely N-dealkylation sites (tertiary alicyclic amines) is 1. The first-order chi connectivity index (χ1) is 12.1. The Morgan fingerprint density at radius 3 is 2.56 bits per heavy atom. The summed E-state index contributed by atoms with van der Waals surface area (Å²) >= 11 is 0. The Morgan fingerprint density at radius 1 is 1.16 bits per heavy atom. The molecular weight excluding hydrogens is 314 g/mol. The second-order valence-electron chi connectivity index (χ2n) is 7.39. The Balaban J connectivity index is 1.39. The standard InChI is InChI=1S/C20H29N3O2/c1-15-5-4-11-21-18(15)8-12-22-19(24)16-9-13-23(14-10-16)20(25)17-6-2-3-7-17/h4-5,11,16-17H,2-3,6-10,12-14H2,1H3,(H,22,24). The molecule has 0 bridgehead atoms. The van der Waals surface area contributed by atoms with Crippen LogP contribution in [0.1, 0.15) is 49.8 Å². The molecule has 1 aliphatic heterocycles. The van der Waals surface area contributed by atoms with Crippen molar-refractivity contribution in [3.05, 3.63) is 29.6 Å². The van der Waals surface area contributed by atoms with Crippen LogP contribution in [0.25, 0.3) is 0 Å². The smallest absolute Gasteiger partial charge is 0.225 e. The molecule has 1 saturated carbocycles. The van der Waals surface area contributed by atoms with Crippen LogP contribution < -0.4 is 5.32 Å². The van der Waals surface area contributed by atoms with Gasteiger partial charge in [-0.25, -0.2) is 0 Å². The zero-order valence-electron chi connectivity index (χ0n) is 15.2. The maximum absolute atomic E-state index is 12.5. The molecule has 5 heteroatoms. The van der Waals surface area contributed by atoms with E-state index in [4.69, 9.17) is 0 Å². The lowest BCUT2D eigenvalue weighted by Gasteiger charge is -2.33. The summed E-state index contributed by atoms with van der Waals surface area (Å²) < 4.78 is 0. The number of carbonyl (C=O) groups is 2. The van der Waals surface area contributed by atoms with Gasteiger partial charge in [0.2, 0.25) is 11.8 Å². The van der Waals surface area contributed by atoms with E-state index in [1.807, 2.05) is 24.0 Å². The van der Waals surface area contributed by atoms with E-state index in [2.05, 4.69) is 10.3 Å². The molecule has 0 radical (unpaired) electrons. The number of nitrogens with one attached hydrogen (secondary N) is 1. The van der Waals surface area contributed by atoms with Crippen molar-refractivity contribution < 1.29 is 9.59 Å². The van der Waals surface area contributed by atoms with Crippen molar-refractivity contribution in [3.8, 4) is 0 Å². The van der Waals surface area contributed by atoms with Gasteiger partial charge in [-0.15, -0.1) is 0 Å². The number of amides is 2. The van der Waals surface area contributed by atoms with Gasteiger partial charge in [0.15, 0.2) is 0 Å². The van der Waals surface area contributed by atoms with Gasteiger partial charge < -0.3 is 10.2 Å². The molecule has 0 atom stereocenters. The number of piperidine rings is 1. The highest BCUT2D eigenvalue weighted by molar-refractivity contribution is 5.81. The average Bonchev–Trinajstić information content (AvgIpc) is 3.17. The monoisotopic (exact) mass is 343 g/mol. The molecule has 136 valence electrons. The molecule has 2 fully saturated rings. The van der Waals surface area contributed by atoms with Crippen molar-refractivity contribution in [2.24, 2.45) is 11.8 Å². The molecule has 25 heavy (non-hydrogen) atoms. The van der Waals surface area contributed by atoms with Crippen LogP contribution in [-0.4, -0.2) is 41.3 Å². The van der Waals surface area contributed by atoms with Crippen LogP contribution in [0.3, 0.4) is 0 Å². The molecule has 1 saturated heterocycles. The molecule has 3 rings (SSSR count). The quantitative estimate of drug-likeness (QED) is 0.893. The summed E-state index contributed by atoms with van der Waals surface area (Å²) in [6.45, 7) is 4.12. The molecule has 2 heterocycles. The second-order valence-corrected chi connectivity index (χ2v) is 7.39. The predicted molar refractivity (Wildman–Crippen MR) is 96.9 cm³/mol. The van der Waals surface area contributed by atoms with Crippen molar-refractivity contribution in [2.45, 2.75) is 51.9 Å². The van der Waals surface area contributed by atoms with Crippen LogP contribution >= 0.6 is 0 Å². The SMILES string of the molecule is Cc1cccnc1CCNC(=O)C1CCN(C(=O)C2CCCC2)CC1. The Morgan fingerprint density at radius 2 is 1.88 bits per heavy atom. The van der Waals surface area contributed by atoms with E-state index < -0.39 is 0 Å². The summed E-state index contributed by atoms with van der Waals surface area (Å²) in [4.78, 5) is 31.2. The minimum atomic E-state index is 0.0393. The lowest BCUT2D eigenvalue weighted by molar-refractivity contribution is -0.139. The van der Waals surface area contributed by atoms with E-state index in [0.29, 0.717) is 12.5 Å². The largest absolute Gasteiger partial charge is 0.355 e. The maximum atomic E-state index is 12.5. The highest BCUT2D eigenvalue weighted by atomic mass is 16.2. The highest BCUT2D eigenvalue weighted by Gasteiger charge is 2.31. The summed E-state index contributed by atoms with van der Waals surface area (Å²) in [5.41, 5.74) is 2.20. The lowest BCUT2D eigenvalue weighted by Crippen LogP contribution is -2.45. The molecule has 1 aliphatic carbocycles. The van der Waals surface area contributed by atoms with E-state index in [1.54, 1.807) is 6.20 Å². The van der Waals surface area contributed by atoms with Crippen molar-refractivity contribution in [3.63, 3.8) is 0 Å². The van der Waals surface area contributed by atoms with E-state index in [-0.39, 0.29) is 17.7 Å². The van der Waals surface area contributed by atoms with Gasteiger partial charge in [0.1, 0.15) is 0 Å². The third-order valence-electron chi connectivity index (χ3n) is 5.66. The number of aryl methyl sites for hydroxylation is 1. The number of hydrogen-bond donors (Lipinski definition) is 1. The number of nitrogens with zero attached hydrogens (tertiary/aromatic N) is 2. The molecular formula is C20H29N3O2. The average molecular weight is 343 g/mol. The fourth-order valence-corrected chi connectivity index (χ4v) is 4.02. The van der Waals surface area contributed by atoms with Gasteiger partial charge in [0.25, 0.3) is 0 Å². The summed E-state index contributed by atoms with van der Waals surface area (Å²) in [7, 11) is 0. The molecule has 1 aromatic heterocycles. The molecule has 1 aromatic rings. The maximum Gasteiger partial charge on any atom is 0.225 e. The molecule has 0 aromatic carbocycles. The Hall–Kier alpha value is -1.91. The van der Waals surface area contributed by atoms with Crippen LogP contribution in [0.2, 0.25) is 0 Å². The van der Waals surface area contributed by atoms with Crippen molar-refractivity contribution in [1.29, 1.82) is 0 Å². The fourth-order valence-electron chi connectivity index (χ4n) is 4.02. The molecule has 0 spiro atoms. The lowest BCUT2D eigenvalue weighted by atomic mass is 9.94. The normalized spacial score (nSPS) is 19.2. The van der Waals surface area contributed by atoms with Gasteiger partial charge in [0.05, 0.1) is 0 Å². The predicted octanol–water partition coefficient (Wildman–Crippen LogP) is 2.48. The first kappa shape index (κ1) is 17.9. The topological polar surface area (TPSA) is 62.3 Å². The molecule has 0 unspecified atom stereocenters. The third-order valence-corrected chi connectivity index (χ3v) is 5.66. The van der Waals surface area contributed by atoms with E-state index in [0.717, 1.165) is 56.5 Å². The van der Waals surface area contributed by atoms with Crippen LogP contribution in [0.5, 0.6) is 0 Å². The first-order valence-electron chi connectivity index (χ1n) is 9.62. The Bertz CT molecular complexity index is 603. The van der Waals surface area contributed by atoms with E-state index >= 15 is 0 Å². The van der Waals surface area contributed by atoms with Gasteiger partial charge in [-0.2, -0.15) is 0 Å². The van der Waals surface area contributed by atoms with Crippen molar-refractivity contribution in [2.75, 3.05) is 19.6 Å². The van der Waals surface area contributed by atoms with Crippen molar-refractivity contribution >= 4 is 11.8 Å². The van der Waals surface area contributed by atoms with Crippen LogP contribution in [0.15, 0.2) is 18.3 Å². The van der Waals surface area contributed by atoms with E-state index in [9.17, 15) is 9.59 Å². The Kier molecular flexibility index (Phi) is 6.05. The minimum Gasteiger partial charge on any atom is -0.355 e. The minimum absolute atomic E-state index is 0.0393. The molecule has 1 N–H and O–H groups in total. The number of rotatable bonds is 5. The zero-order valence-corrected chi connectivity index (χ0v) is 15.2. The van der Waals surface area contributed by atoms with Gasteiger partial charge in [0, 0.05) is 49.8 Å². The van der Waals surface area contributed by atoms with E-state index in [1.165, 1.54) is 12.8 Å². The number of hydrogen-bond acceptors (Lipinski definition) is 3. The second kappa shape index (κ2) is 8.45. The van der Waals surface area contributed by atoms with Crippen molar-refractivity contribution in [1.82, 2.24) is 15.2 Å². The third kappa shape index (κ3) is 4.59. The molecule has 2 amide bonds. The summed E-state index contributed by atoms with van der Waals surface area (Å²) in [6.07, 6.45) is 8.59. The van der Waals surface area contributed by atoms with Gasteiger partial charge >= 0.3 is 0 Å². The highest BCUT2D eigenvalue weighted by Crippen LogP contribution is 2.28. The van der Waals surface area contributed by atoms with Crippen LogP contribution in [0.4, 0.5) is 0 Å². The number of pyridine rings is 1. The fraction of sp³-hybridized carbons (Fsp3) is 0.650. The Labute approximate surface area is 150 Å². The number of aromatic nitrogens is 1. The number of carbonyl (C=O) groups excluding carboxylic acids is 2.